The molecule has 0 atom stereocenters. The number of rotatable bonds is 0. The Labute approximate surface area is 220 Å². The molecule has 0 aliphatic rings. The second-order valence-corrected chi connectivity index (χ2v) is 36.4. The van der Waals surface area contributed by atoms with Crippen LogP contribution in [0.3, 0.4) is 0 Å². The van der Waals surface area contributed by atoms with E-state index >= 15 is 0 Å². The molecule has 0 spiro atoms. The molecule has 0 aromatic rings. The number of nitrogens with zero attached hydrogens (tertiary/aromatic N) is 1. The molecule has 0 aliphatic heterocycles. The monoisotopic (exact) mass is 1290 g/mol. The molecule has 0 amide bonds. The molecule has 1 radical (unpaired) electrons. The molecule has 113 valence electrons. The van der Waals surface area contributed by atoms with Crippen molar-refractivity contribution in [2.45, 2.75) is 0 Å². The maximum atomic E-state index is 4.61. The summed E-state index contributed by atoms with van der Waals surface area (Å²) < 4.78 is 0. The molecule has 0 heterocycles. The Morgan fingerprint density at radius 2 is 1.17 bits per heavy atom. The summed E-state index contributed by atoms with van der Waals surface area (Å²) >= 11 is 9.29. The molecule has 0 unspecified atom stereocenters. The van der Waals surface area contributed by atoms with Crippen molar-refractivity contribution >= 4 is 82.5 Å². The normalized spacial score (nSPS) is 4.22. The van der Waals surface area contributed by atoms with Crippen molar-refractivity contribution in [3.8, 4) is 12.5 Å². The van der Waals surface area contributed by atoms with Crippen LogP contribution in [0.5, 0.6) is 0 Å². The molecule has 0 bridgehead atoms. The van der Waals surface area contributed by atoms with Crippen LogP contribution >= 0.6 is 82.5 Å². The van der Waals surface area contributed by atoms with Crippen LogP contribution in [0.25, 0.3) is 5.32 Å². The van der Waals surface area contributed by atoms with E-state index in [1.54, 1.807) is 7.05 Å². The maximum Gasteiger partial charge on any atom is 0 e. The fourth-order valence-electron chi connectivity index (χ4n) is 0. The van der Waals surface area contributed by atoms with Crippen molar-refractivity contribution in [1.29, 1.82) is 0 Å². The van der Waals surface area contributed by atoms with Crippen molar-refractivity contribution in [2.24, 2.45) is 0 Å². The van der Waals surface area contributed by atoms with Crippen LogP contribution < -0.4 is 5.32 Å². The number of terminal acetylenes is 1. The van der Waals surface area contributed by atoms with Crippen LogP contribution in [0.15, 0.2) is 0 Å². The zero-order valence-electron chi connectivity index (χ0n) is 10.4. The van der Waals surface area contributed by atoms with Gasteiger partial charge >= 0.3 is 64.9 Å². The largest absolute Gasteiger partial charge is 0 e. The standard InChI is InChI=1S/C3H4N.C2H7N.CH2I.CH3.3HI.2V.3W/c1-3-4-2;1-3-2;1-2;;;;;;;;;/h1H,2H3;3H,1-2H3;1H2;1H3;3*1H;;;;;/q-1;;2*-1;;;;;+3;;;/p-3. The second-order valence-electron chi connectivity index (χ2n) is 1.04. The molecule has 0 rings (SSSR count). The number of hydrogen-bond acceptors (Lipinski definition) is 1. The second kappa shape index (κ2) is 78.7. The van der Waals surface area contributed by atoms with Gasteiger partial charge in [0, 0.05) is 81.8 Å². The molecule has 0 saturated carbocycles. The van der Waals surface area contributed by atoms with Gasteiger partial charge in [-0.15, -0.1) is 13.5 Å². The van der Waals surface area contributed by atoms with Crippen molar-refractivity contribution in [1.82, 2.24) is 5.32 Å². The zero-order chi connectivity index (χ0) is 11.7. The molecule has 11 heteroatoms. The Kier molecular flexibility index (Phi) is 248. The minimum atomic E-state index is -0.278. The Hall–Kier alpha value is 5.47. The fraction of sp³-hybridized carbons (Fsp3) is 0.429. The van der Waals surface area contributed by atoms with Crippen LogP contribution in [-0.2, 0) is 86.7 Å². The Morgan fingerprint density at radius 3 is 1.17 bits per heavy atom. The van der Waals surface area contributed by atoms with Gasteiger partial charge in [-0.05, 0) is 14.1 Å². The van der Waals surface area contributed by atoms with Gasteiger partial charge in [-0.3, -0.25) is 4.93 Å². The fourth-order valence-corrected chi connectivity index (χ4v) is 0. The number of nitrogens with one attached hydrogen (secondary N) is 1. The van der Waals surface area contributed by atoms with Gasteiger partial charge in [-0.1, -0.05) is 0 Å². The third-order valence-electron chi connectivity index (χ3n) is 0.129. The van der Waals surface area contributed by atoms with Crippen LogP contribution in [-0.4, -0.2) is 21.1 Å². The van der Waals surface area contributed by atoms with Gasteiger partial charge in [0.15, 0.2) is 0 Å². The van der Waals surface area contributed by atoms with E-state index in [9.17, 15) is 0 Å². The molecule has 0 fully saturated rings. The predicted molar refractivity (Wildman–Crippen MR) is 101 cm³/mol. The number of halogens is 4. The van der Waals surface area contributed by atoms with Crippen molar-refractivity contribution < 1.29 is 86.7 Å². The first kappa shape index (κ1) is 56.6. The summed E-state index contributed by atoms with van der Waals surface area (Å²) in [5, 5.41) is 6.01. The van der Waals surface area contributed by atoms with E-state index in [0.717, 1.165) is 0 Å². The Balaban J connectivity index is -0.00000000803. The molecule has 2 nitrogen and oxygen atoms in total. The molecular weight excluding hydrogens is 1270 g/mol. The van der Waals surface area contributed by atoms with E-state index in [-0.39, 0.29) is 94.1 Å². The molecule has 0 aromatic carbocycles. The van der Waals surface area contributed by atoms with Gasteiger partial charge in [0.05, 0.1) is 0 Å². The minimum Gasteiger partial charge on any atom is 0 e. The predicted octanol–water partition coefficient (Wildman–Crippen LogP) is 4.72. The summed E-state index contributed by atoms with van der Waals surface area (Å²) in [5.41, 5.74) is 0. The van der Waals surface area contributed by atoms with Crippen molar-refractivity contribution in [2.75, 3.05) is 21.1 Å². The average molecular weight is 1290 g/mol. The topological polar surface area (TPSA) is 26.1 Å². The van der Waals surface area contributed by atoms with E-state index in [1.807, 2.05) is 36.7 Å². The minimum absolute atomic E-state index is 0. The van der Waals surface area contributed by atoms with E-state index in [2.05, 4.69) is 88.0 Å². The summed E-state index contributed by atoms with van der Waals surface area (Å²) in [6, 6.07) is 2.06. The molecule has 0 aromatic heterocycles. The van der Waals surface area contributed by atoms with E-state index in [4.69, 9.17) is 0 Å². The molecule has 18 heavy (non-hydrogen) atoms. The van der Waals surface area contributed by atoms with Crippen molar-refractivity contribution in [3.63, 3.8) is 0 Å². The van der Waals surface area contributed by atoms with E-state index in [0.29, 0.717) is 0 Å². The van der Waals surface area contributed by atoms with Gasteiger partial charge in [0.2, 0.25) is 0 Å². The smallest absolute Gasteiger partial charge is 0 e. The first-order valence-electron chi connectivity index (χ1n) is 2.73. The van der Waals surface area contributed by atoms with E-state index < -0.39 is 0 Å². The van der Waals surface area contributed by atoms with Gasteiger partial charge in [-0.25, -0.2) is 6.04 Å². The molecule has 0 saturated heterocycles. The average Bonchev–Trinajstić information content (AvgIpc) is 2.08. The van der Waals surface area contributed by atoms with Gasteiger partial charge < -0.3 is 40.7 Å². The summed E-state index contributed by atoms with van der Waals surface area (Å²) in [4.78, 5) is 2.94. The molecule has 1 N–H and O–H groups in total. The van der Waals surface area contributed by atoms with Crippen LogP contribution in [0, 0.1) is 24.8 Å². The third kappa shape index (κ3) is 215. The summed E-state index contributed by atoms with van der Waals surface area (Å²) in [5.74, 6) is 0. The van der Waals surface area contributed by atoms with Gasteiger partial charge in [-0.2, -0.15) is 0 Å². The van der Waals surface area contributed by atoms with Gasteiger partial charge in [0.25, 0.3) is 0 Å². The molecular formula is C7H16I4N2V2W3-3. The van der Waals surface area contributed by atoms with Crippen LogP contribution in [0.4, 0.5) is 0 Å². The van der Waals surface area contributed by atoms with Crippen LogP contribution in [0.1, 0.15) is 0 Å². The SMILES string of the molecule is C#C[N-]C.CNC.[CH2-]I.[CH3-].[I][V]([I])[I].[V].[W].[W].[W]. The van der Waals surface area contributed by atoms with Crippen molar-refractivity contribution in [3.05, 3.63) is 17.7 Å². The van der Waals surface area contributed by atoms with Crippen LogP contribution in [0.2, 0.25) is 0 Å². The van der Waals surface area contributed by atoms with E-state index in [1.165, 1.54) is 0 Å². The summed E-state index contributed by atoms with van der Waals surface area (Å²) in [6.45, 7) is 0. The Morgan fingerprint density at radius 1 is 1.11 bits per heavy atom. The van der Waals surface area contributed by atoms with Gasteiger partial charge in [0.1, 0.15) is 0 Å². The Bertz CT molecular complexity index is 100. The summed E-state index contributed by atoms with van der Waals surface area (Å²) in [6.07, 6.45) is 4.61. The first-order valence-corrected chi connectivity index (χ1v) is 17.8. The number of hydrogen-bond donors (Lipinski definition) is 1. The third-order valence-corrected chi connectivity index (χ3v) is 0.129. The molecule has 0 aliphatic carbocycles. The first-order chi connectivity index (χ1) is 6.06. The maximum absolute atomic E-state index is 4.61. The summed E-state index contributed by atoms with van der Waals surface area (Å²) in [7, 11) is 5.32. The quantitative estimate of drug-likeness (QED) is 0.213. The zero-order valence-corrected chi connectivity index (χ0v) is 30.6.